The summed E-state index contributed by atoms with van der Waals surface area (Å²) in [4.78, 5) is 16.5. The number of aliphatic imine (C=N–C) groups is 1. The molecule has 31 heavy (non-hydrogen) atoms. The van der Waals surface area contributed by atoms with Crippen LogP contribution in [0.2, 0.25) is 0 Å². The van der Waals surface area contributed by atoms with Gasteiger partial charge in [0, 0.05) is 36.5 Å². The average molecular weight is 436 g/mol. The largest absolute Gasteiger partial charge is 0.322 e. The highest BCUT2D eigenvalue weighted by Gasteiger charge is 2.18. The third-order valence-corrected chi connectivity index (χ3v) is 5.97. The number of rotatable bonds is 6. The van der Waals surface area contributed by atoms with Gasteiger partial charge in [0.25, 0.3) is 10.0 Å². The number of nitrogens with zero attached hydrogens (tertiary/aromatic N) is 3. The summed E-state index contributed by atoms with van der Waals surface area (Å²) in [6, 6.07) is 15.7. The average Bonchev–Trinajstić information content (AvgIpc) is 3.45. The highest BCUT2D eigenvalue weighted by atomic mass is 32.2. The van der Waals surface area contributed by atoms with Crippen LogP contribution in [0.4, 0.5) is 5.69 Å². The second kappa shape index (κ2) is 8.97. The zero-order valence-corrected chi connectivity index (χ0v) is 17.4. The second-order valence-corrected chi connectivity index (χ2v) is 8.62. The standard InChI is InChI=1S/C22H21N5O3S/c28-22(12-11-17-15-24-27(16-17)19-7-2-1-3-8-19)25-18-6-4-9-20(14-18)31(29,30)26-21-10-5-13-23-21/h1-4,6-9,11-12,14-16H,5,10,13H2,(H,23,26)(H,25,28)/b12-11+. The fourth-order valence-corrected chi connectivity index (χ4v) is 4.21. The summed E-state index contributed by atoms with van der Waals surface area (Å²) in [5.74, 6) is 0.0866. The van der Waals surface area contributed by atoms with E-state index in [1.165, 1.54) is 18.2 Å². The number of aromatic nitrogens is 2. The van der Waals surface area contributed by atoms with E-state index >= 15 is 0 Å². The lowest BCUT2D eigenvalue weighted by Gasteiger charge is -2.09. The van der Waals surface area contributed by atoms with Crippen LogP contribution >= 0.6 is 0 Å². The van der Waals surface area contributed by atoms with Gasteiger partial charge < -0.3 is 5.32 Å². The maximum absolute atomic E-state index is 12.5. The van der Waals surface area contributed by atoms with E-state index in [0.29, 0.717) is 24.5 Å². The molecule has 0 radical (unpaired) electrons. The van der Waals surface area contributed by atoms with Gasteiger partial charge in [-0.15, -0.1) is 0 Å². The van der Waals surface area contributed by atoms with E-state index in [0.717, 1.165) is 17.7 Å². The lowest BCUT2D eigenvalue weighted by atomic mass is 10.3. The predicted molar refractivity (Wildman–Crippen MR) is 120 cm³/mol. The van der Waals surface area contributed by atoms with Crippen LogP contribution in [0.1, 0.15) is 18.4 Å². The van der Waals surface area contributed by atoms with Gasteiger partial charge in [0.15, 0.2) is 0 Å². The smallest absolute Gasteiger partial charge is 0.262 e. The molecular formula is C22H21N5O3S. The zero-order valence-electron chi connectivity index (χ0n) is 16.6. The molecule has 1 aliphatic heterocycles. The first kappa shape index (κ1) is 20.5. The molecule has 1 aromatic heterocycles. The van der Waals surface area contributed by atoms with Crippen molar-refractivity contribution in [2.45, 2.75) is 17.7 Å². The van der Waals surface area contributed by atoms with Crippen molar-refractivity contribution in [3.63, 3.8) is 0 Å². The molecule has 158 valence electrons. The molecule has 3 aromatic rings. The number of benzene rings is 2. The van der Waals surface area contributed by atoms with Gasteiger partial charge in [-0.2, -0.15) is 5.10 Å². The summed E-state index contributed by atoms with van der Waals surface area (Å²) in [5.41, 5.74) is 2.06. The van der Waals surface area contributed by atoms with Gasteiger partial charge in [0.1, 0.15) is 5.84 Å². The van der Waals surface area contributed by atoms with Gasteiger partial charge >= 0.3 is 0 Å². The van der Waals surface area contributed by atoms with Crippen LogP contribution in [0.3, 0.4) is 0 Å². The number of hydrogen-bond donors (Lipinski definition) is 2. The molecular weight excluding hydrogens is 414 g/mol. The molecule has 4 rings (SSSR count). The molecule has 8 nitrogen and oxygen atoms in total. The highest BCUT2D eigenvalue weighted by Crippen LogP contribution is 2.17. The molecule has 0 aliphatic carbocycles. The Bertz CT molecular complexity index is 1250. The van der Waals surface area contributed by atoms with Gasteiger partial charge in [0.05, 0.1) is 16.8 Å². The Morgan fingerprint density at radius 2 is 1.94 bits per heavy atom. The first-order valence-electron chi connectivity index (χ1n) is 9.75. The maximum Gasteiger partial charge on any atom is 0.262 e. The summed E-state index contributed by atoms with van der Waals surface area (Å²) in [6.45, 7) is 0.630. The SMILES string of the molecule is O=C(/C=C/c1cnn(-c2ccccc2)c1)Nc1cccc(S(=O)(=O)NC2=NCCC2)c1. The number of para-hydroxylation sites is 1. The van der Waals surface area contributed by atoms with E-state index < -0.39 is 10.0 Å². The summed E-state index contributed by atoms with van der Waals surface area (Å²) >= 11 is 0. The molecule has 1 amide bonds. The number of amidine groups is 1. The van der Waals surface area contributed by atoms with E-state index in [4.69, 9.17) is 0 Å². The molecule has 2 heterocycles. The third-order valence-electron chi connectivity index (χ3n) is 4.59. The van der Waals surface area contributed by atoms with Gasteiger partial charge in [-0.3, -0.25) is 14.5 Å². The van der Waals surface area contributed by atoms with Crippen molar-refractivity contribution in [1.29, 1.82) is 0 Å². The molecule has 0 unspecified atom stereocenters. The van der Waals surface area contributed by atoms with Crippen molar-refractivity contribution < 1.29 is 13.2 Å². The van der Waals surface area contributed by atoms with Crippen molar-refractivity contribution >= 4 is 33.5 Å². The Balaban J connectivity index is 1.41. The number of amides is 1. The van der Waals surface area contributed by atoms with Crippen molar-refractivity contribution in [3.05, 3.63) is 78.6 Å². The summed E-state index contributed by atoms with van der Waals surface area (Å²) < 4.78 is 29.3. The van der Waals surface area contributed by atoms with Gasteiger partial charge in [0.2, 0.25) is 5.91 Å². The summed E-state index contributed by atoms with van der Waals surface area (Å²) in [6.07, 6.45) is 7.93. The Labute approximate surface area is 180 Å². The van der Waals surface area contributed by atoms with E-state index in [1.54, 1.807) is 29.1 Å². The fraction of sp³-hybridized carbons (Fsp3) is 0.136. The number of nitrogens with one attached hydrogen (secondary N) is 2. The van der Waals surface area contributed by atoms with Crippen molar-refractivity contribution in [2.24, 2.45) is 4.99 Å². The first-order valence-corrected chi connectivity index (χ1v) is 11.2. The van der Waals surface area contributed by atoms with Crippen molar-refractivity contribution in [1.82, 2.24) is 14.5 Å². The minimum absolute atomic E-state index is 0.0630. The monoisotopic (exact) mass is 435 g/mol. The molecule has 9 heteroatoms. The van der Waals surface area contributed by atoms with Crippen LogP contribution in [0.15, 0.2) is 83.0 Å². The maximum atomic E-state index is 12.5. The molecule has 0 saturated carbocycles. The Morgan fingerprint density at radius 1 is 1.10 bits per heavy atom. The number of sulfonamides is 1. The normalized spacial score (nSPS) is 13.9. The van der Waals surface area contributed by atoms with Crippen LogP contribution in [0.5, 0.6) is 0 Å². The van der Waals surface area contributed by atoms with Crippen LogP contribution in [-0.4, -0.2) is 36.5 Å². The lowest BCUT2D eigenvalue weighted by Crippen LogP contribution is -2.29. The van der Waals surface area contributed by atoms with Gasteiger partial charge in [-0.1, -0.05) is 24.3 Å². The van der Waals surface area contributed by atoms with Gasteiger partial charge in [-0.05, 0) is 42.8 Å². The quantitative estimate of drug-likeness (QED) is 0.581. The topological polar surface area (TPSA) is 105 Å². The second-order valence-electron chi connectivity index (χ2n) is 6.94. The number of carbonyl (C=O) groups excluding carboxylic acids is 1. The molecule has 1 aliphatic rings. The van der Waals surface area contributed by atoms with Crippen molar-refractivity contribution in [3.8, 4) is 5.69 Å². The van der Waals surface area contributed by atoms with Crippen molar-refractivity contribution in [2.75, 3.05) is 11.9 Å². The molecule has 2 N–H and O–H groups in total. The minimum atomic E-state index is -3.74. The highest BCUT2D eigenvalue weighted by molar-refractivity contribution is 7.90. The fourth-order valence-electron chi connectivity index (χ4n) is 3.08. The number of hydrogen-bond acceptors (Lipinski definition) is 5. The number of carbonyl (C=O) groups is 1. The minimum Gasteiger partial charge on any atom is -0.322 e. The van der Waals surface area contributed by atoms with Crippen LogP contribution in [0.25, 0.3) is 11.8 Å². The Kier molecular flexibility index (Phi) is 5.94. The lowest BCUT2D eigenvalue weighted by molar-refractivity contribution is -0.111. The Morgan fingerprint density at radius 3 is 2.71 bits per heavy atom. The van der Waals surface area contributed by atoms with E-state index in [-0.39, 0.29) is 10.8 Å². The van der Waals surface area contributed by atoms with Crippen LogP contribution in [0, 0.1) is 0 Å². The third kappa shape index (κ3) is 5.26. The number of anilines is 1. The summed E-state index contributed by atoms with van der Waals surface area (Å²) in [7, 11) is -3.74. The zero-order chi connectivity index (χ0) is 21.7. The van der Waals surface area contributed by atoms with Gasteiger partial charge in [-0.25, -0.2) is 13.1 Å². The Hall–Kier alpha value is -3.72. The molecule has 0 bridgehead atoms. The first-order chi connectivity index (χ1) is 15.0. The van der Waals surface area contributed by atoms with Crippen LogP contribution < -0.4 is 10.0 Å². The van der Waals surface area contributed by atoms with E-state index in [2.05, 4.69) is 20.1 Å². The molecule has 0 spiro atoms. The predicted octanol–water partition coefficient (Wildman–Crippen LogP) is 2.99. The molecule has 0 fully saturated rings. The van der Waals surface area contributed by atoms with E-state index in [1.807, 2.05) is 36.5 Å². The molecule has 0 saturated heterocycles. The van der Waals surface area contributed by atoms with Crippen LogP contribution in [-0.2, 0) is 14.8 Å². The molecule has 2 aromatic carbocycles. The summed E-state index contributed by atoms with van der Waals surface area (Å²) in [5, 5.41) is 6.96. The van der Waals surface area contributed by atoms with E-state index in [9.17, 15) is 13.2 Å². The molecule has 0 atom stereocenters.